The number of carbonyl (C=O) groups excluding carboxylic acids is 2. The summed E-state index contributed by atoms with van der Waals surface area (Å²) in [6, 6.07) is 23.9. The number of hydrogen-bond donors (Lipinski definition) is 3. The third-order valence-corrected chi connectivity index (χ3v) is 11.2. The van der Waals surface area contributed by atoms with Crippen molar-refractivity contribution in [1.29, 1.82) is 0 Å². The lowest BCUT2D eigenvalue weighted by Gasteiger charge is -2.25. The van der Waals surface area contributed by atoms with Crippen molar-refractivity contribution in [3.8, 4) is 0 Å². The largest absolute Gasteiger partial charge is 0.611 e. The lowest BCUT2D eigenvalue weighted by atomic mass is 10.1. The number of halogens is 1. The van der Waals surface area contributed by atoms with E-state index in [1.807, 2.05) is 0 Å². The van der Waals surface area contributed by atoms with Crippen molar-refractivity contribution in [2.45, 2.75) is 40.9 Å². The number of esters is 1. The average molecular weight is 680 g/mol. The molecule has 1 aliphatic rings. The van der Waals surface area contributed by atoms with E-state index in [9.17, 15) is 28.5 Å². The predicted molar refractivity (Wildman–Crippen MR) is 167 cm³/mol. The van der Waals surface area contributed by atoms with Crippen LogP contribution in [0.1, 0.15) is 33.4 Å². The van der Waals surface area contributed by atoms with Gasteiger partial charge in [0.1, 0.15) is 12.4 Å². The molecule has 3 heterocycles. The van der Waals surface area contributed by atoms with Crippen molar-refractivity contribution in [3.63, 3.8) is 0 Å². The quantitative estimate of drug-likeness (QED) is 0.109. The summed E-state index contributed by atoms with van der Waals surface area (Å²) in [7, 11) is -5.07. The number of nitrogens with zero attached hydrogens (tertiary/aromatic N) is 4. The summed E-state index contributed by atoms with van der Waals surface area (Å²) in [6.45, 7) is 0. The van der Waals surface area contributed by atoms with Gasteiger partial charge in [-0.3, -0.25) is 13.9 Å². The van der Waals surface area contributed by atoms with E-state index in [1.165, 1.54) is 35.2 Å². The van der Waals surface area contributed by atoms with Gasteiger partial charge in [0.05, 0.1) is 11.9 Å². The fourth-order valence-electron chi connectivity index (χ4n) is 5.16. The van der Waals surface area contributed by atoms with Crippen molar-refractivity contribution in [3.05, 3.63) is 115 Å². The molecule has 6 rings (SSSR count). The van der Waals surface area contributed by atoms with E-state index in [-0.39, 0.29) is 27.4 Å². The van der Waals surface area contributed by atoms with Gasteiger partial charge in [0, 0.05) is 23.2 Å². The van der Waals surface area contributed by atoms with E-state index in [2.05, 4.69) is 20.3 Å². The highest BCUT2D eigenvalue weighted by atomic mass is 32.2. The molecule has 0 bridgehead atoms. The monoisotopic (exact) mass is 679 g/mol. The Balaban J connectivity index is 1.34. The number of hydrogen-bond acceptors (Lipinski definition) is 9. The van der Waals surface area contributed by atoms with Crippen molar-refractivity contribution in [2.75, 3.05) is 5.32 Å². The summed E-state index contributed by atoms with van der Waals surface area (Å²) in [5, 5.41) is 2.67. The molecule has 2 aromatic heterocycles. The van der Waals surface area contributed by atoms with Crippen LogP contribution in [0.15, 0.2) is 109 Å². The Hall–Kier alpha value is -4.50. The molecule has 1 amide bonds. The van der Waals surface area contributed by atoms with E-state index in [4.69, 9.17) is 9.47 Å². The second kappa shape index (κ2) is 13.7. The van der Waals surface area contributed by atoms with E-state index < -0.39 is 66.7 Å². The van der Waals surface area contributed by atoms with Crippen LogP contribution >= 0.6 is 7.60 Å². The second-order valence-electron chi connectivity index (χ2n) is 10.5. The van der Waals surface area contributed by atoms with Crippen LogP contribution in [-0.4, -0.2) is 69.1 Å². The topological polar surface area (TPSA) is 189 Å². The van der Waals surface area contributed by atoms with Crippen LogP contribution in [0.3, 0.4) is 0 Å². The molecular formula is C31H27FN5O8PS. The number of aromatic nitrogens is 4. The van der Waals surface area contributed by atoms with Crippen LogP contribution in [0, 0.1) is 0 Å². The maximum atomic E-state index is 16.3. The van der Waals surface area contributed by atoms with E-state index >= 15 is 4.39 Å². The lowest BCUT2D eigenvalue weighted by molar-refractivity contribution is -0.0475. The van der Waals surface area contributed by atoms with Gasteiger partial charge in [0.15, 0.2) is 40.4 Å². The second-order valence-corrected chi connectivity index (χ2v) is 14.3. The molecule has 0 saturated carbocycles. The molecular weight excluding hydrogens is 652 g/mol. The van der Waals surface area contributed by atoms with E-state index in [1.54, 1.807) is 66.7 Å². The standard InChI is InChI=1S/C31H27FN5O8PS/c32-24-22(16-23(46(40,41)42)47(43)21-14-8-3-9-15-21)44-30(26(24)45-31(39)20-12-6-2-7-13-20)37-18-35-25-27(33-17-34-28(25)37)36-29(38)19-10-4-1-5-11-19/h1-15,17-18,22-24,26,30H,16H2,(H2,40,41,42)(H,33,34,36,38)/t22-,23?,24-,26?,30-,47?/m1/s1. The predicted octanol–water partition coefficient (Wildman–Crippen LogP) is 4.24. The summed E-state index contributed by atoms with van der Waals surface area (Å²) in [6.07, 6.45) is -5.06. The smallest absolute Gasteiger partial charge is 0.377 e. The number of fused-ring (bicyclic) bond motifs is 1. The average Bonchev–Trinajstić information content (AvgIpc) is 3.65. The number of alkyl halides is 1. The Labute approximate surface area is 270 Å². The maximum Gasteiger partial charge on any atom is 0.377 e. The molecule has 3 aromatic carbocycles. The first-order valence-electron chi connectivity index (χ1n) is 14.2. The Morgan fingerprint density at radius 3 is 2.23 bits per heavy atom. The summed E-state index contributed by atoms with van der Waals surface area (Å²) >= 11 is -2.25. The van der Waals surface area contributed by atoms with Crippen molar-refractivity contribution in [2.24, 2.45) is 0 Å². The van der Waals surface area contributed by atoms with Crippen LogP contribution in [0.4, 0.5) is 10.2 Å². The number of amides is 1. The molecule has 242 valence electrons. The summed E-state index contributed by atoms with van der Waals surface area (Å²) in [5.74, 6) is -1.29. The lowest BCUT2D eigenvalue weighted by Crippen LogP contribution is -2.35. The Morgan fingerprint density at radius 1 is 0.979 bits per heavy atom. The molecule has 0 spiro atoms. The molecule has 6 atom stereocenters. The van der Waals surface area contributed by atoms with Crippen molar-refractivity contribution < 1.29 is 42.4 Å². The molecule has 3 N–H and O–H groups in total. The van der Waals surface area contributed by atoms with Gasteiger partial charge in [-0.25, -0.2) is 24.1 Å². The van der Waals surface area contributed by atoms with Crippen molar-refractivity contribution >= 4 is 47.6 Å². The van der Waals surface area contributed by atoms with E-state index in [0.717, 1.165) is 6.33 Å². The summed E-state index contributed by atoms with van der Waals surface area (Å²) < 4.78 is 55.2. The molecule has 13 nitrogen and oxygen atoms in total. The fourth-order valence-corrected chi connectivity index (χ4v) is 8.11. The van der Waals surface area contributed by atoms with Gasteiger partial charge >= 0.3 is 13.6 Å². The minimum Gasteiger partial charge on any atom is -0.611 e. The van der Waals surface area contributed by atoms with Crippen LogP contribution < -0.4 is 5.32 Å². The van der Waals surface area contributed by atoms with E-state index in [0.29, 0.717) is 5.56 Å². The molecule has 1 saturated heterocycles. The molecule has 5 aromatic rings. The van der Waals surface area contributed by atoms with Gasteiger partial charge in [-0.2, -0.15) is 0 Å². The third-order valence-electron chi connectivity index (χ3n) is 7.45. The van der Waals surface area contributed by atoms with Gasteiger partial charge in [0.2, 0.25) is 4.99 Å². The highest BCUT2D eigenvalue weighted by molar-refractivity contribution is 7.98. The zero-order chi connectivity index (χ0) is 33.1. The number of ether oxygens (including phenoxy) is 2. The van der Waals surface area contributed by atoms with Crippen LogP contribution in [0.2, 0.25) is 0 Å². The normalized spacial score (nSPS) is 20.9. The number of carbonyl (C=O) groups is 2. The first-order valence-corrected chi connectivity index (χ1v) is 17.1. The molecule has 1 aliphatic heterocycles. The number of anilines is 1. The Kier molecular flexibility index (Phi) is 9.45. The van der Waals surface area contributed by atoms with Crippen LogP contribution in [0.25, 0.3) is 11.2 Å². The SMILES string of the molecule is O=C(Nc1ncnc2c1ncn2[C@@H]1O[C@H](CC([S+]([O-])c2ccccc2)P(=O)(O)O)[C@@H](F)C1OC(=O)c1ccccc1)c1ccccc1. The molecule has 0 aliphatic carbocycles. The van der Waals surface area contributed by atoms with Gasteiger partial charge in [-0.1, -0.05) is 54.6 Å². The molecule has 3 unspecified atom stereocenters. The highest BCUT2D eigenvalue weighted by Gasteiger charge is 2.53. The minimum atomic E-state index is -5.07. The van der Waals surface area contributed by atoms with Crippen LogP contribution in [0.5, 0.6) is 0 Å². The number of imidazole rings is 1. The van der Waals surface area contributed by atoms with Gasteiger partial charge < -0.3 is 29.1 Å². The number of nitrogens with one attached hydrogen (secondary N) is 1. The Bertz CT molecular complexity index is 1920. The molecule has 47 heavy (non-hydrogen) atoms. The van der Waals surface area contributed by atoms with Crippen LogP contribution in [-0.2, 0) is 25.2 Å². The first kappa shape index (κ1) is 32.4. The van der Waals surface area contributed by atoms with Gasteiger partial charge in [-0.15, -0.1) is 0 Å². The zero-order valence-corrected chi connectivity index (χ0v) is 26.0. The highest BCUT2D eigenvalue weighted by Crippen LogP contribution is 2.50. The number of rotatable bonds is 10. The van der Waals surface area contributed by atoms with Gasteiger partial charge in [-0.05, 0) is 36.4 Å². The molecule has 16 heteroatoms. The Morgan fingerprint density at radius 2 is 1.60 bits per heavy atom. The first-order chi connectivity index (χ1) is 22.6. The van der Waals surface area contributed by atoms with Gasteiger partial charge in [0.25, 0.3) is 5.91 Å². The maximum absolute atomic E-state index is 16.3. The fraction of sp³-hybridized carbons (Fsp3) is 0.194. The zero-order valence-electron chi connectivity index (χ0n) is 24.3. The number of benzene rings is 3. The third kappa shape index (κ3) is 6.95. The molecule has 0 radical (unpaired) electrons. The molecule has 1 fully saturated rings. The summed E-state index contributed by atoms with van der Waals surface area (Å²) in [4.78, 5) is 57.3. The summed E-state index contributed by atoms with van der Waals surface area (Å²) in [5.41, 5.74) is 0.692. The van der Waals surface area contributed by atoms with Crippen molar-refractivity contribution in [1.82, 2.24) is 19.5 Å². The minimum absolute atomic E-state index is 0.0478.